The summed E-state index contributed by atoms with van der Waals surface area (Å²) in [4.78, 5) is 0. The molecule has 0 aromatic heterocycles. The maximum absolute atomic E-state index is 6.13. The molecular formula is C14H19ClOS. The largest absolute Gasteiger partial charge is 0.491 e. The molecule has 0 aliphatic heterocycles. The van der Waals surface area contributed by atoms with Crippen LogP contribution in [0.25, 0.3) is 0 Å². The van der Waals surface area contributed by atoms with Gasteiger partial charge in [0.05, 0.1) is 11.6 Å². The van der Waals surface area contributed by atoms with Gasteiger partial charge in [-0.3, -0.25) is 0 Å². The highest BCUT2D eigenvalue weighted by atomic mass is 35.5. The van der Waals surface area contributed by atoms with Crippen molar-refractivity contribution < 1.29 is 4.74 Å². The van der Waals surface area contributed by atoms with Crippen LogP contribution in [0.1, 0.15) is 31.2 Å². The van der Waals surface area contributed by atoms with E-state index in [-0.39, 0.29) is 5.41 Å². The van der Waals surface area contributed by atoms with Crippen LogP contribution in [0.3, 0.4) is 0 Å². The van der Waals surface area contributed by atoms with E-state index in [1.54, 1.807) is 0 Å². The number of halogens is 1. The Bertz CT molecular complexity index is 386. The summed E-state index contributed by atoms with van der Waals surface area (Å²) >= 11 is 10.6. The van der Waals surface area contributed by atoms with E-state index in [2.05, 4.69) is 12.6 Å². The van der Waals surface area contributed by atoms with Crippen LogP contribution in [0, 0.1) is 12.3 Å². The lowest BCUT2D eigenvalue weighted by atomic mass is 9.90. The lowest BCUT2D eigenvalue weighted by Gasteiger charge is -2.27. The van der Waals surface area contributed by atoms with Crippen molar-refractivity contribution in [3.63, 3.8) is 0 Å². The molecule has 1 aliphatic rings. The number of aryl methyl sites for hydroxylation is 1. The highest BCUT2D eigenvalue weighted by Gasteiger charge is 2.33. The van der Waals surface area contributed by atoms with Crippen molar-refractivity contribution in [2.75, 3.05) is 12.4 Å². The Morgan fingerprint density at radius 2 is 2.06 bits per heavy atom. The first-order valence-electron chi connectivity index (χ1n) is 6.15. The van der Waals surface area contributed by atoms with Crippen LogP contribution < -0.4 is 4.74 Å². The molecule has 2 rings (SSSR count). The van der Waals surface area contributed by atoms with E-state index in [0.717, 1.165) is 18.1 Å². The van der Waals surface area contributed by atoms with E-state index in [1.165, 1.54) is 31.2 Å². The van der Waals surface area contributed by atoms with Gasteiger partial charge in [-0.05, 0) is 43.2 Å². The molecule has 0 spiro atoms. The minimum Gasteiger partial charge on any atom is -0.491 e. The lowest BCUT2D eigenvalue weighted by molar-refractivity contribution is 0.173. The molecule has 0 radical (unpaired) electrons. The Kier molecular flexibility index (Phi) is 4.26. The van der Waals surface area contributed by atoms with Crippen molar-refractivity contribution in [1.82, 2.24) is 0 Å². The number of benzene rings is 1. The summed E-state index contributed by atoms with van der Waals surface area (Å²) in [5, 5.41) is 0.697. The topological polar surface area (TPSA) is 9.23 Å². The van der Waals surface area contributed by atoms with Gasteiger partial charge in [0, 0.05) is 5.41 Å². The second-order valence-electron chi connectivity index (χ2n) is 5.09. The van der Waals surface area contributed by atoms with Gasteiger partial charge in [0.15, 0.2) is 0 Å². The molecule has 1 fully saturated rings. The van der Waals surface area contributed by atoms with Gasteiger partial charge in [0.25, 0.3) is 0 Å². The monoisotopic (exact) mass is 270 g/mol. The minimum absolute atomic E-state index is 0.260. The summed E-state index contributed by atoms with van der Waals surface area (Å²) < 4.78 is 5.91. The van der Waals surface area contributed by atoms with Crippen molar-refractivity contribution in [1.29, 1.82) is 0 Å². The molecule has 0 amide bonds. The molecule has 17 heavy (non-hydrogen) atoms. The van der Waals surface area contributed by atoms with Gasteiger partial charge in [-0.1, -0.05) is 30.5 Å². The molecule has 0 atom stereocenters. The first-order chi connectivity index (χ1) is 8.15. The molecule has 1 aliphatic carbocycles. The van der Waals surface area contributed by atoms with Gasteiger partial charge in [0.2, 0.25) is 0 Å². The third-order valence-corrected chi connectivity index (χ3v) is 4.60. The fourth-order valence-corrected chi connectivity index (χ4v) is 3.00. The van der Waals surface area contributed by atoms with E-state index < -0.39 is 0 Å². The Labute approximate surface area is 114 Å². The fraction of sp³-hybridized carbons (Fsp3) is 0.571. The van der Waals surface area contributed by atoms with Gasteiger partial charge in [-0.15, -0.1) is 0 Å². The standard InChI is InChI=1S/C14H19ClOS/c1-11-4-5-12(15)13(8-11)16-9-14(10-17)6-2-3-7-14/h4-5,8,17H,2-3,6-7,9-10H2,1H3. The van der Waals surface area contributed by atoms with E-state index in [4.69, 9.17) is 16.3 Å². The molecule has 0 unspecified atom stereocenters. The molecule has 0 saturated heterocycles. The van der Waals surface area contributed by atoms with E-state index >= 15 is 0 Å². The van der Waals surface area contributed by atoms with E-state index in [0.29, 0.717) is 5.02 Å². The lowest BCUT2D eigenvalue weighted by Crippen LogP contribution is -2.27. The molecule has 1 aromatic rings. The SMILES string of the molecule is Cc1ccc(Cl)c(OCC2(CS)CCCC2)c1. The zero-order chi connectivity index (χ0) is 12.3. The number of thiol groups is 1. The molecule has 0 heterocycles. The van der Waals surface area contributed by atoms with E-state index in [1.807, 2.05) is 25.1 Å². The molecule has 3 heteroatoms. The van der Waals surface area contributed by atoms with Gasteiger partial charge in [-0.2, -0.15) is 12.6 Å². The Balaban J connectivity index is 2.03. The molecule has 1 saturated carbocycles. The number of rotatable bonds is 4. The summed E-state index contributed by atoms with van der Waals surface area (Å²) in [6, 6.07) is 5.90. The molecule has 1 aromatic carbocycles. The third kappa shape index (κ3) is 3.11. The van der Waals surface area contributed by atoms with Crippen molar-refractivity contribution >= 4 is 24.2 Å². The number of hydrogen-bond donors (Lipinski definition) is 1. The second-order valence-corrected chi connectivity index (χ2v) is 5.81. The van der Waals surface area contributed by atoms with Crippen molar-refractivity contribution in [3.8, 4) is 5.75 Å². The first-order valence-corrected chi connectivity index (χ1v) is 7.16. The summed E-state index contributed by atoms with van der Waals surface area (Å²) in [7, 11) is 0. The van der Waals surface area contributed by atoms with Crippen molar-refractivity contribution in [2.24, 2.45) is 5.41 Å². The number of hydrogen-bond acceptors (Lipinski definition) is 2. The van der Waals surface area contributed by atoms with Crippen LogP contribution in [0.15, 0.2) is 18.2 Å². The predicted octanol–water partition coefficient (Wildman–Crippen LogP) is 4.52. The van der Waals surface area contributed by atoms with Gasteiger partial charge in [0.1, 0.15) is 5.75 Å². The Morgan fingerprint density at radius 3 is 2.71 bits per heavy atom. The van der Waals surface area contributed by atoms with Crippen LogP contribution in [0.2, 0.25) is 5.02 Å². The summed E-state index contributed by atoms with van der Waals surface area (Å²) in [5.74, 6) is 1.70. The maximum atomic E-state index is 6.13. The Hall–Kier alpha value is -0.340. The van der Waals surface area contributed by atoms with Crippen LogP contribution in [-0.4, -0.2) is 12.4 Å². The zero-order valence-corrected chi connectivity index (χ0v) is 11.9. The Morgan fingerprint density at radius 1 is 1.35 bits per heavy atom. The normalized spacial score (nSPS) is 18.3. The quantitative estimate of drug-likeness (QED) is 0.792. The highest BCUT2D eigenvalue weighted by molar-refractivity contribution is 7.80. The van der Waals surface area contributed by atoms with Crippen LogP contribution >= 0.6 is 24.2 Å². The predicted molar refractivity (Wildman–Crippen MR) is 76.4 cm³/mol. The molecule has 0 bridgehead atoms. The second kappa shape index (κ2) is 5.53. The van der Waals surface area contributed by atoms with Crippen LogP contribution in [-0.2, 0) is 0 Å². The van der Waals surface area contributed by atoms with Gasteiger partial charge >= 0.3 is 0 Å². The molecule has 0 N–H and O–H groups in total. The average Bonchev–Trinajstić information content (AvgIpc) is 2.80. The van der Waals surface area contributed by atoms with Crippen LogP contribution in [0.4, 0.5) is 0 Å². The van der Waals surface area contributed by atoms with Gasteiger partial charge in [-0.25, -0.2) is 0 Å². The summed E-state index contributed by atoms with van der Waals surface area (Å²) in [6.07, 6.45) is 5.04. The fourth-order valence-electron chi connectivity index (χ4n) is 2.43. The average molecular weight is 271 g/mol. The van der Waals surface area contributed by atoms with Crippen molar-refractivity contribution in [3.05, 3.63) is 28.8 Å². The maximum Gasteiger partial charge on any atom is 0.138 e. The summed E-state index contributed by atoms with van der Waals surface area (Å²) in [6.45, 7) is 2.78. The van der Waals surface area contributed by atoms with E-state index in [9.17, 15) is 0 Å². The molecular weight excluding hydrogens is 252 g/mol. The summed E-state index contributed by atoms with van der Waals surface area (Å²) in [5.41, 5.74) is 1.44. The zero-order valence-electron chi connectivity index (χ0n) is 10.2. The third-order valence-electron chi connectivity index (χ3n) is 3.62. The highest BCUT2D eigenvalue weighted by Crippen LogP contribution is 2.40. The minimum atomic E-state index is 0.260. The van der Waals surface area contributed by atoms with Gasteiger partial charge < -0.3 is 4.74 Å². The van der Waals surface area contributed by atoms with Crippen LogP contribution in [0.5, 0.6) is 5.75 Å². The molecule has 94 valence electrons. The first kappa shape index (κ1) is 13.1. The smallest absolute Gasteiger partial charge is 0.138 e. The number of ether oxygens (including phenoxy) is 1. The molecule has 1 nitrogen and oxygen atoms in total. The van der Waals surface area contributed by atoms with Crippen molar-refractivity contribution in [2.45, 2.75) is 32.6 Å².